The lowest BCUT2D eigenvalue weighted by atomic mass is 9.96. The van der Waals surface area contributed by atoms with Crippen molar-refractivity contribution in [1.82, 2.24) is 9.80 Å². The van der Waals surface area contributed by atoms with Gasteiger partial charge in [-0.1, -0.05) is 0 Å². The number of nitriles is 1. The summed E-state index contributed by atoms with van der Waals surface area (Å²) in [5, 5.41) is 18.7. The summed E-state index contributed by atoms with van der Waals surface area (Å²) in [6.45, 7) is 0.437. The van der Waals surface area contributed by atoms with E-state index in [-0.39, 0.29) is 24.5 Å². The van der Waals surface area contributed by atoms with Crippen LogP contribution in [0.1, 0.15) is 25.7 Å². The number of nitrogens with zero attached hydrogens (tertiary/aromatic N) is 3. The predicted molar refractivity (Wildman–Crippen MR) is 76.3 cm³/mol. The van der Waals surface area contributed by atoms with Crippen LogP contribution >= 0.6 is 0 Å². The molecule has 2 aliphatic heterocycles. The number of hydrogen-bond donors (Lipinski definition) is 1. The maximum Gasteiger partial charge on any atom is 0.408 e. The van der Waals surface area contributed by atoms with Crippen molar-refractivity contribution in [2.24, 2.45) is 5.92 Å². The van der Waals surface area contributed by atoms with Gasteiger partial charge in [-0.25, -0.2) is 4.79 Å². The molecule has 2 bridgehead atoms. The van der Waals surface area contributed by atoms with Gasteiger partial charge < -0.3 is 19.5 Å². The molecule has 2 heterocycles. The van der Waals surface area contributed by atoms with E-state index in [4.69, 9.17) is 10.00 Å². The Morgan fingerprint density at radius 3 is 2.83 bits per heavy atom. The van der Waals surface area contributed by atoms with Crippen LogP contribution in [0.2, 0.25) is 0 Å². The normalized spacial score (nSPS) is 35.3. The van der Waals surface area contributed by atoms with E-state index in [9.17, 15) is 19.5 Å². The summed E-state index contributed by atoms with van der Waals surface area (Å²) in [5.74, 6) is -0.377. The van der Waals surface area contributed by atoms with Crippen LogP contribution in [0.4, 0.5) is 4.79 Å². The van der Waals surface area contributed by atoms with Crippen LogP contribution in [-0.2, 0) is 14.3 Å². The maximum absolute atomic E-state index is 12.8. The van der Waals surface area contributed by atoms with Gasteiger partial charge in [-0.2, -0.15) is 5.26 Å². The minimum Gasteiger partial charge on any atom is -0.465 e. The van der Waals surface area contributed by atoms with Crippen molar-refractivity contribution in [1.29, 1.82) is 5.26 Å². The third kappa shape index (κ3) is 2.55. The number of aldehydes is 1. The van der Waals surface area contributed by atoms with Gasteiger partial charge in [-0.15, -0.1) is 0 Å². The number of likely N-dealkylation sites (tertiary alicyclic amines) is 2. The molecule has 8 nitrogen and oxygen atoms in total. The topological polar surface area (TPSA) is 111 Å². The highest BCUT2D eigenvalue weighted by atomic mass is 16.5. The molecule has 3 rings (SSSR count). The van der Waals surface area contributed by atoms with Gasteiger partial charge in [0.15, 0.2) is 0 Å². The summed E-state index contributed by atoms with van der Waals surface area (Å²) in [7, 11) is 0. The Kier molecular flexibility index (Phi) is 4.22. The van der Waals surface area contributed by atoms with Crippen molar-refractivity contribution in [2.45, 2.75) is 49.9 Å². The molecule has 0 spiro atoms. The zero-order chi connectivity index (χ0) is 16.6. The highest BCUT2D eigenvalue weighted by molar-refractivity contribution is 5.87. The van der Waals surface area contributed by atoms with Crippen LogP contribution in [0.15, 0.2) is 0 Å². The number of carbonyl (C=O) groups is 3. The van der Waals surface area contributed by atoms with Crippen LogP contribution < -0.4 is 0 Å². The molecular formula is C15H19N3O5. The van der Waals surface area contributed by atoms with E-state index in [0.29, 0.717) is 32.1 Å². The van der Waals surface area contributed by atoms with Crippen LogP contribution in [0.5, 0.6) is 0 Å². The first-order chi connectivity index (χ1) is 11.1. The Morgan fingerprint density at radius 1 is 1.39 bits per heavy atom. The van der Waals surface area contributed by atoms with E-state index in [1.54, 1.807) is 0 Å². The minimum absolute atomic E-state index is 0.0669. The number of rotatable bonds is 4. The first kappa shape index (κ1) is 15.7. The third-order valence-corrected chi connectivity index (χ3v) is 5.15. The Hall–Kier alpha value is -2.14. The van der Waals surface area contributed by atoms with Crippen molar-refractivity contribution in [2.75, 3.05) is 13.2 Å². The smallest absolute Gasteiger partial charge is 0.408 e. The van der Waals surface area contributed by atoms with E-state index in [0.717, 1.165) is 6.42 Å². The van der Waals surface area contributed by atoms with Gasteiger partial charge in [0.05, 0.1) is 18.2 Å². The van der Waals surface area contributed by atoms with Crippen LogP contribution in [0.25, 0.3) is 0 Å². The van der Waals surface area contributed by atoms with E-state index < -0.39 is 24.2 Å². The maximum atomic E-state index is 12.8. The second-order valence-electron chi connectivity index (χ2n) is 6.29. The molecule has 0 aromatic rings. The number of carboxylic acid groups (broad SMARTS) is 1. The SMILES string of the molecule is N#C[C@@H]1CCCN1C(=O)[C@@H]1[C@H]2C[C@H]([C@H](OCC=O)C2)N1C(=O)O. The number of piperidine rings is 1. The summed E-state index contributed by atoms with van der Waals surface area (Å²) >= 11 is 0. The quantitative estimate of drug-likeness (QED) is 0.742. The van der Waals surface area contributed by atoms with Gasteiger partial charge >= 0.3 is 6.09 Å². The summed E-state index contributed by atoms with van der Waals surface area (Å²) in [6, 6.07) is 0.532. The van der Waals surface area contributed by atoms with Crippen LogP contribution in [-0.4, -0.2) is 70.6 Å². The molecule has 1 aliphatic carbocycles. The lowest BCUT2D eigenvalue weighted by molar-refractivity contribution is -0.140. The summed E-state index contributed by atoms with van der Waals surface area (Å²) in [6.07, 6.45) is 1.70. The van der Waals surface area contributed by atoms with Crippen LogP contribution in [0, 0.1) is 17.2 Å². The average Bonchev–Trinajstić information content (AvgIpc) is 3.24. The fraction of sp³-hybridized carbons (Fsp3) is 0.733. The molecule has 2 amide bonds. The lowest BCUT2D eigenvalue weighted by Gasteiger charge is -2.38. The molecule has 0 unspecified atom stereocenters. The van der Waals surface area contributed by atoms with Gasteiger partial charge in [-0.05, 0) is 31.6 Å². The summed E-state index contributed by atoms with van der Waals surface area (Å²) < 4.78 is 5.41. The summed E-state index contributed by atoms with van der Waals surface area (Å²) in [5.41, 5.74) is 0. The number of ether oxygens (including phenoxy) is 1. The molecule has 8 heteroatoms. The van der Waals surface area contributed by atoms with Gasteiger partial charge in [-0.3, -0.25) is 9.69 Å². The van der Waals surface area contributed by atoms with Gasteiger partial charge in [0.2, 0.25) is 5.91 Å². The highest BCUT2D eigenvalue weighted by Gasteiger charge is 2.57. The largest absolute Gasteiger partial charge is 0.465 e. The highest BCUT2D eigenvalue weighted by Crippen LogP contribution is 2.45. The molecule has 2 saturated heterocycles. The summed E-state index contributed by atoms with van der Waals surface area (Å²) in [4.78, 5) is 37.6. The van der Waals surface area contributed by atoms with E-state index >= 15 is 0 Å². The molecule has 3 fully saturated rings. The lowest BCUT2D eigenvalue weighted by Crippen LogP contribution is -2.57. The fourth-order valence-electron chi connectivity index (χ4n) is 4.26. The molecule has 3 aliphatic rings. The fourth-order valence-corrected chi connectivity index (χ4v) is 4.26. The van der Waals surface area contributed by atoms with E-state index in [1.165, 1.54) is 9.80 Å². The van der Waals surface area contributed by atoms with Crippen molar-refractivity contribution >= 4 is 18.3 Å². The molecule has 5 atom stereocenters. The third-order valence-electron chi connectivity index (χ3n) is 5.15. The Balaban J connectivity index is 1.78. The first-order valence-corrected chi connectivity index (χ1v) is 7.85. The average molecular weight is 321 g/mol. The molecule has 1 saturated carbocycles. The number of carbonyl (C=O) groups excluding carboxylic acids is 2. The molecule has 0 aromatic heterocycles. The Bertz CT molecular complexity index is 560. The molecule has 1 N–H and O–H groups in total. The van der Waals surface area contributed by atoms with Gasteiger partial charge in [0, 0.05) is 6.54 Å². The second kappa shape index (κ2) is 6.16. The van der Waals surface area contributed by atoms with Crippen molar-refractivity contribution in [3.05, 3.63) is 0 Å². The van der Waals surface area contributed by atoms with Gasteiger partial charge in [0.25, 0.3) is 0 Å². The Morgan fingerprint density at radius 2 is 2.17 bits per heavy atom. The molecule has 0 aromatic carbocycles. The van der Waals surface area contributed by atoms with Crippen molar-refractivity contribution in [3.8, 4) is 6.07 Å². The standard InChI is InChI=1S/C15H19N3O5/c16-8-10-2-1-3-17(10)14(20)13-9-6-11(18(13)15(21)22)12(7-9)23-5-4-19/h4,9-13H,1-3,5-7H2,(H,21,22)/t9-,10-,11+,12+,13-/m0/s1. The number of amides is 2. The molecule has 124 valence electrons. The molecule has 0 radical (unpaired) electrons. The molecular weight excluding hydrogens is 302 g/mol. The van der Waals surface area contributed by atoms with Gasteiger partial charge in [0.1, 0.15) is 25.0 Å². The number of hydrogen-bond acceptors (Lipinski definition) is 5. The number of fused-ring (bicyclic) bond motifs is 2. The second-order valence-corrected chi connectivity index (χ2v) is 6.29. The van der Waals surface area contributed by atoms with E-state index in [1.807, 2.05) is 0 Å². The zero-order valence-electron chi connectivity index (χ0n) is 12.6. The minimum atomic E-state index is -1.15. The first-order valence-electron chi connectivity index (χ1n) is 7.85. The van der Waals surface area contributed by atoms with Crippen LogP contribution in [0.3, 0.4) is 0 Å². The Labute approximate surface area is 133 Å². The monoisotopic (exact) mass is 321 g/mol. The molecule has 23 heavy (non-hydrogen) atoms. The van der Waals surface area contributed by atoms with Crippen molar-refractivity contribution in [3.63, 3.8) is 0 Å². The zero-order valence-corrected chi connectivity index (χ0v) is 12.6. The van der Waals surface area contributed by atoms with Crippen molar-refractivity contribution < 1.29 is 24.2 Å². The van der Waals surface area contributed by atoms with E-state index in [2.05, 4.69) is 6.07 Å². The predicted octanol–water partition coefficient (Wildman–Crippen LogP) is 0.226.